The predicted molar refractivity (Wildman–Crippen MR) is 76.8 cm³/mol. The van der Waals surface area contributed by atoms with Crippen LogP contribution in [0.5, 0.6) is 0 Å². The molecule has 1 saturated carbocycles. The fraction of sp³-hybridized carbons (Fsp3) is 0.500. The van der Waals surface area contributed by atoms with E-state index in [0.717, 1.165) is 44.2 Å². The van der Waals surface area contributed by atoms with Crippen LogP contribution in [0.15, 0.2) is 17.0 Å². The molecule has 21 heavy (non-hydrogen) atoms. The summed E-state index contributed by atoms with van der Waals surface area (Å²) in [7, 11) is -3.98. The summed E-state index contributed by atoms with van der Waals surface area (Å²) in [6, 6.07) is 2.14. The highest BCUT2D eigenvalue weighted by Gasteiger charge is 2.22. The van der Waals surface area contributed by atoms with Crippen molar-refractivity contribution in [3.63, 3.8) is 0 Å². The highest BCUT2D eigenvalue weighted by molar-refractivity contribution is 7.89. The molecule has 116 valence electrons. The van der Waals surface area contributed by atoms with Gasteiger partial charge in [-0.05, 0) is 37.5 Å². The first-order chi connectivity index (χ1) is 9.79. The normalized spacial score (nSPS) is 16.7. The summed E-state index contributed by atoms with van der Waals surface area (Å²) >= 11 is 0. The number of hydrogen-bond acceptors (Lipinski definition) is 3. The predicted octanol–water partition coefficient (Wildman–Crippen LogP) is 1.84. The molecular formula is C14H19FN2O3S. The van der Waals surface area contributed by atoms with Crippen molar-refractivity contribution >= 4 is 15.9 Å². The summed E-state index contributed by atoms with van der Waals surface area (Å²) in [6.45, 7) is 1.40. The minimum atomic E-state index is -3.98. The van der Waals surface area contributed by atoms with Gasteiger partial charge in [0, 0.05) is 6.04 Å². The Kier molecular flexibility index (Phi) is 4.63. The van der Waals surface area contributed by atoms with Crippen molar-refractivity contribution in [2.24, 2.45) is 5.14 Å². The van der Waals surface area contributed by atoms with E-state index in [2.05, 4.69) is 5.32 Å². The molecule has 7 heteroatoms. The second-order valence-electron chi connectivity index (χ2n) is 5.46. The summed E-state index contributed by atoms with van der Waals surface area (Å²) in [4.78, 5) is 11.9. The van der Waals surface area contributed by atoms with Gasteiger partial charge in [0.25, 0.3) is 5.91 Å². The summed E-state index contributed by atoms with van der Waals surface area (Å²) < 4.78 is 36.8. The van der Waals surface area contributed by atoms with E-state index in [1.54, 1.807) is 0 Å². The third-order valence-electron chi connectivity index (χ3n) is 3.74. The maximum atomic E-state index is 14.1. The average Bonchev–Trinajstić information content (AvgIpc) is 2.41. The van der Waals surface area contributed by atoms with Gasteiger partial charge >= 0.3 is 0 Å². The van der Waals surface area contributed by atoms with Crippen LogP contribution in [-0.4, -0.2) is 20.4 Å². The third-order valence-corrected chi connectivity index (χ3v) is 4.63. The van der Waals surface area contributed by atoms with Gasteiger partial charge in [0.1, 0.15) is 5.82 Å². The van der Waals surface area contributed by atoms with Crippen LogP contribution in [0.4, 0.5) is 4.39 Å². The van der Waals surface area contributed by atoms with Crippen molar-refractivity contribution in [3.05, 3.63) is 29.1 Å². The zero-order valence-electron chi connectivity index (χ0n) is 11.9. The summed E-state index contributed by atoms with van der Waals surface area (Å²) in [5.41, 5.74) is -0.195. The third kappa shape index (κ3) is 3.79. The van der Waals surface area contributed by atoms with Gasteiger partial charge in [-0.15, -0.1) is 0 Å². The maximum Gasteiger partial charge on any atom is 0.254 e. The molecule has 1 aliphatic carbocycles. The molecule has 0 radical (unpaired) electrons. The number of halogens is 1. The highest BCUT2D eigenvalue weighted by Crippen LogP contribution is 2.21. The van der Waals surface area contributed by atoms with E-state index in [1.165, 1.54) is 6.92 Å². The molecule has 1 aliphatic rings. The Morgan fingerprint density at radius 1 is 1.29 bits per heavy atom. The Labute approximate surface area is 123 Å². The van der Waals surface area contributed by atoms with Gasteiger partial charge < -0.3 is 5.32 Å². The van der Waals surface area contributed by atoms with E-state index < -0.39 is 21.7 Å². The average molecular weight is 314 g/mol. The van der Waals surface area contributed by atoms with E-state index in [0.29, 0.717) is 0 Å². The molecule has 1 aromatic rings. The minimum Gasteiger partial charge on any atom is -0.349 e. The molecule has 0 saturated heterocycles. The molecule has 1 amide bonds. The fourth-order valence-electron chi connectivity index (χ4n) is 2.58. The molecule has 2 rings (SSSR count). The Morgan fingerprint density at radius 2 is 1.90 bits per heavy atom. The van der Waals surface area contributed by atoms with E-state index in [4.69, 9.17) is 5.14 Å². The monoisotopic (exact) mass is 314 g/mol. The smallest absolute Gasteiger partial charge is 0.254 e. The molecule has 0 heterocycles. The first kappa shape index (κ1) is 15.9. The molecule has 1 fully saturated rings. The molecule has 0 spiro atoms. The van der Waals surface area contributed by atoms with E-state index >= 15 is 0 Å². The number of nitrogens with two attached hydrogens (primary N) is 1. The topological polar surface area (TPSA) is 89.3 Å². The largest absolute Gasteiger partial charge is 0.349 e. The van der Waals surface area contributed by atoms with Gasteiger partial charge in [0.05, 0.1) is 10.5 Å². The zero-order valence-corrected chi connectivity index (χ0v) is 12.7. The lowest BCUT2D eigenvalue weighted by Gasteiger charge is -2.23. The van der Waals surface area contributed by atoms with Crippen LogP contribution in [0.1, 0.15) is 48.0 Å². The number of sulfonamides is 1. The van der Waals surface area contributed by atoms with Crippen LogP contribution in [0.25, 0.3) is 0 Å². The maximum absolute atomic E-state index is 14.1. The van der Waals surface area contributed by atoms with Crippen molar-refractivity contribution in [2.75, 3.05) is 0 Å². The number of benzene rings is 1. The van der Waals surface area contributed by atoms with Crippen LogP contribution in [0.2, 0.25) is 0 Å². The Morgan fingerprint density at radius 3 is 2.48 bits per heavy atom. The fourth-order valence-corrected chi connectivity index (χ4v) is 3.20. The quantitative estimate of drug-likeness (QED) is 0.892. The van der Waals surface area contributed by atoms with E-state index in [-0.39, 0.29) is 22.1 Å². The molecule has 5 nitrogen and oxygen atoms in total. The molecule has 3 N–H and O–H groups in total. The number of rotatable bonds is 3. The van der Waals surface area contributed by atoms with Gasteiger partial charge in [-0.25, -0.2) is 17.9 Å². The molecule has 1 aromatic carbocycles. The highest BCUT2D eigenvalue weighted by atomic mass is 32.2. The number of aryl methyl sites for hydroxylation is 1. The molecule has 0 aliphatic heterocycles. The first-order valence-electron chi connectivity index (χ1n) is 6.93. The van der Waals surface area contributed by atoms with Crippen LogP contribution < -0.4 is 10.5 Å². The van der Waals surface area contributed by atoms with Crippen molar-refractivity contribution in [3.8, 4) is 0 Å². The number of hydrogen-bond donors (Lipinski definition) is 2. The van der Waals surface area contributed by atoms with Crippen LogP contribution >= 0.6 is 0 Å². The molecule has 0 bridgehead atoms. The van der Waals surface area contributed by atoms with Gasteiger partial charge in [-0.1, -0.05) is 19.3 Å². The van der Waals surface area contributed by atoms with Gasteiger partial charge in [-0.2, -0.15) is 0 Å². The number of primary sulfonamides is 1. The van der Waals surface area contributed by atoms with Crippen LogP contribution in [0, 0.1) is 12.7 Å². The van der Waals surface area contributed by atoms with Gasteiger partial charge in [0.15, 0.2) is 0 Å². The van der Waals surface area contributed by atoms with Gasteiger partial charge in [-0.3, -0.25) is 4.79 Å². The summed E-state index contributed by atoms with van der Waals surface area (Å²) in [5.74, 6) is -1.30. The lowest BCUT2D eigenvalue weighted by molar-refractivity contribution is 0.0923. The van der Waals surface area contributed by atoms with E-state index in [1.807, 2.05) is 0 Å². The van der Waals surface area contributed by atoms with Crippen molar-refractivity contribution < 1.29 is 17.6 Å². The molecule has 0 unspecified atom stereocenters. The number of nitrogens with one attached hydrogen (secondary N) is 1. The molecule has 0 aromatic heterocycles. The first-order valence-corrected chi connectivity index (χ1v) is 8.47. The number of amides is 1. The van der Waals surface area contributed by atoms with Crippen molar-refractivity contribution in [1.29, 1.82) is 0 Å². The SMILES string of the molecule is Cc1cc(S(N)(=O)=O)cc(C(=O)NC2CCCCC2)c1F. The van der Waals surface area contributed by atoms with Crippen molar-refractivity contribution in [2.45, 2.75) is 50.0 Å². The second kappa shape index (κ2) is 6.11. The van der Waals surface area contributed by atoms with E-state index in [9.17, 15) is 17.6 Å². The number of carbonyl (C=O) groups excluding carboxylic acids is 1. The zero-order chi connectivity index (χ0) is 15.6. The second-order valence-corrected chi connectivity index (χ2v) is 7.02. The summed E-state index contributed by atoms with van der Waals surface area (Å²) in [5, 5.41) is 7.81. The molecule has 0 atom stereocenters. The standard InChI is InChI=1S/C14H19FN2O3S/c1-9-7-11(21(16,19)20)8-12(13(9)15)14(18)17-10-5-3-2-4-6-10/h7-8,10H,2-6H2,1H3,(H,17,18)(H2,16,19,20). The Balaban J connectivity index is 2.29. The Bertz CT molecular complexity index is 652. The lowest BCUT2D eigenvalue weighted by atomic mass is 9.95. The lowest BCUT2D eigenvalue weighted by Crippen LogP contribution is -2.36. The minimum absolute atomic E-state index is 0.0177. The molecular weight excluding hydrogens is 295 g/mol. The van der Waals surface area contributed by atoms with Crippen molar-refractivity contribution in [1.82, 2.24) is 5.32 Å². The number of carbonyl (C=O) groups is 1. The summed E-state index contributed by atoms with van der Waals surface area (Å²) in [6.07, 6.45) is 4.93. The Hall–Kier alpha value is -1.47. The van der Waals surface area contributed by atoms with Gasteiger partial charge in [0.2, 0.25) is 10.0 Å². The van der Waals surface area contributed by atoms with Crippen LogP contribution in [-0.2, 0) is 10.0 Å². The van der Waals surface area contributed by atoms with Crippen LogP contribution in [0.3, 0.4) is 0 Å².